The van der Waals surface area contributed by atoms with Gasteiger partial charge in [0, 0.05) is 18.8 Å². The van der Waals surface area contributed by atoms with Crippen LogP contribution in [-0.4, -0.2) is 68.1 Å². The average molecular weight is 381 g/mol. The Balaban J connectivity index is 1.53. The standard InChI is InChI=1S/C22H27N3O3/c1-24(17-22(27)25-11-13-28-14-12-25)16-21(26)23-20-10-6-5-9-19(20)15-18-7-3-2-4-8-18/h2-10H,11-17H2,1H3,(H,23,26). The molecular weight excluding hydrogens is 354 g/mol. The molecule has 0 bridgehead atoms. The van der Waals surface area contributed by atoms with Crippen LogP contribution in [-0.2, 0) is 20.7 Å². The lowest BCUT2D eigenvalue weighted by molar-refractivity contribution is -0.136. The van der Waals surface area contributed by atoms with Gasteiger partial charge >= 0.3 is 0 Å². The minimum absolute atomic E-state index is 0.0306. The molecule has 0 aromatic heterocycles. The molecule has 0 spiro atoms. The van der Waals surface area contributed by atoms with Gasteiger partial charge < -0.3 is 15.0 Å². The second-order valence-corrected chi connectivity index (χ2v) is 7.03. The van der Waals surface area contributed by atoms with Crippen LogP contribution in [0.4, 0.5) is 5.69 Å². The summed E-state index contributed by atoms with van der Waals surface area (Å²) >= 11 is 0. The molecule has 2 aromatic rings. The molecule has 2 aromatic carbocycles. The summed E-state index contributed by atoms with van der Waals surface area (Å²) in [6, 6.07) is 18.0. The summed E-state index contributed by atoms with van der Waals surface area (Å²) in [5, 5.41) is 2.99. The Morgan fingerprint density at radius 3 is 2.43 bits per heavy atom. The Hall–Kier alpha value is -2.70. The molecular formula is C22H27N3O3. The van der Waals surface area contributed by atoms with Crippen molar-refractivity contribution < 1.29 is 14.3 Å². The zero-order chi connectivity index (χ0) is 19.8. The summed E-state index contributed by atoms with van der Waals surface area (Å²) in [7, 11) is 1.79. The highest BCUT2D eigenvalue weighted by Crippen LogP contribution is 2.19. The van der Waals surface area contributed by atoms with Gasteiger partial charge in [-0.05, 0) is 30.7 Å². The van der Waals surface area contributed by atoms with Gasteiger partial charge in [-0.15, -0.1) is 0 Å². The van der Waals surface area contributed by atoms with Gasteiger partial charge in [0.1, 0.15) is 0 Å². The predicted molar refractivity (Wildman–Crippen MR) is 109 cm³/mol. The summed E-state index contributed by atoms with van der Waals surface area (Å²) in [5.74, 6) is -0.0964. The van der Waals surface area contributed by atoms with Crippen molar-refractivity contribution >= 4 is 17.5 Å². The van der Waals surface area contributed by atoms with Gasteiger partial charge in [-0.25, -0.2) is 0 Å². The zero-order valence-corrected chi connectivity index (χ0v) is 16.3. The van der Waals surface area contributed by atoms with Crippen LogP contribution in [0.2, 0.25) is 0 Å². The molecule has 0 radical (unpaired) electrons. The van der Waals surface area contributed by atoms with E-state index < -0.39 is 0 Å². The van der Waals surface area contributed by atoms with Crippen LogP contribution < -0.4 is 5.32 Å². The van der Waals surface area contributed by atoms with Crippen LogP contribution in [0.1, 0.15) is 11.1 Å². The summed E-state index contributed by atoms with van der Waals surface area (Å²) in [6.07, 6.45) is 0.753. The summed E-state index contributed by atoms with van der Waals surface area (Å²) in [5.41, 5.74) is 3.07. The second-order valence-electron chi connectivity index (χ2n) is 7.03. The summed E-state index contributed by atoms with van der Waals surface area (Å²) in [6.45, 7) is 2.77. The normalized spacial score (nSPS) is 14.1. The topological polar surface area (TPSA) is 61.9 Å². The maximum atomic E-state index is 12.5. The molecule has 3 rings (SSSR count). The summed E-state index contributed by atoms with van der Waals surface area (Å²) < 4.78 is 5.27. The molecule has 0 aliphatic carbocycles. The SMILES string of the molecule is CN(CC(=O)Nc1ccccc1Cc1ccccc1)CC(=O)N1CCOCC1. The number of anilines is 1. The van der Waals surface area contributed by atoms with Gasteiger partial charge in [-0.2, -0.15) is 0 Å². The number of amides is 2. The largest absolute Gasteiger partial charge is 0.378 e. The highest BCUT2D eigenvalue weighted by molar-refractivity contribution is 5.93. The maximum absolute atomic E-state index is 12.5. The van der Waals surface area contributed by atoms with Crippen molar-refractivity contribution in [1.29, 1.82) is 0 Å². The highest BCUT2D eigenvalue weighted by Gasteiger charge is 2.19. The molecule has 1 saturated heterocycles. The molecule has 0 saturated carbocycles. The van der Waals surface area contributed by atoms with E-state index in [1.54, 1.807) is 16.8 Å². The molecule has 6 nitrogen and oxygen atoms in total. The van der Waals surface area contributed by atoms with E-state index in [0.717, 1.165) is 17.7 Å². The monoisotopic (exact) mass is 381 g/mol. The molecule has 0 unspecified atom stereocenters. The van der Waals surface area contributed by atoms with E-state index in [0.29, 0.717) is 26.3 Å². The molecule has 1 aliphatic rings. The van der Waals surface area contributed by atoms with Crippen LogP contribution in [0.5, 0.6) is 0 Å². The summed E-state index contributed by atoms with van der Waals surface area (Å²) in [4.78, 5) is 28.3. The smallest absolute Gasteiger partial charge is 0.238 e. The van der Waals surface area contributed by atoms with Gasteiger partial charge in [0.15, 0.2) is 0 Å². The van der Waals surface area contributed by atoms with E-state index in [1.165, 1.54) is 5.56 Å². The van der Waals surface area contributed by atoms with Gasteiger partial charge in [0.05, 0.1) is 26.3 Å². The van der Waals surface area contributed by atoms with E-state index in [1.807, 2.05) is 42.5 Å². The molecule has 0 atom stereocenters. The Labute approximate surface area is 166 Å². The van der Waals surface area contributed by atoms with Crippen molar-refractivity contribution in [1.82, 2.24) is 9.80 Å². The molecule has 1 fully saturated rings. The predicted octanol–water partition coefficient (Wildman–Crippen LogP) is 2.01. The van der Waals surface area contributed by atoms with E-state index in [-0.39, 0.29) is 24.9 Å². The lowest BCUT2D eigenvalue weighted by Gasteiger charge is -2.28. The van der Waals surface area contributed by atoms with Crippen molar-refractivity contribution in [3.63, 3.8) is 0 Å². The zero-order valence-electron chi connectivity index (χ0n) is 16.3. The molecule has 6 heteroatoms. The third kappa shape index (κ3) is 5.90. The third-order valence-corrected chi connectivity index (χ3v) is 4.71. The fourth-order valence-electron chi connectivity index (χ4n) is 3.25. The van der Waals surface area contributed by atoms with Crippen molar-refractivity contribution in [3.8, 4) is 0 Å². The molecule has 28 heavy (non-hydrogen) atoms. The lowest BCUT2D eigenvalue weighted by atomic mass is 10.0. The Morgan fingerprint density at radius 1 is 1.00 bits per heavy atom. The first kappa shape index (κ1) is 20.0. The first-order chi connectivity index (χ1) is 13.6. The maximum Gasteiger partial charge on any atom is 0.238 e. The van der Waals surface area contributed by atoms with Gasteiger partial charge in [0.2, 0.25) is 11.8 Å². The van der Waals surface area contributed by atoms with Gasteiger partial charge in [-0.3, -0.25) is 14.5 Å². The van der Waals surface area contributed by atoms with Crippen LogP contribution in [0.3, 0.4) is 0 Å². The van der Waals surface area contributed by atoms with Gasteiger partial charge in [0.25, 0.3) is 0 Å². The fraction of sp³-hybridized carbons (Fsp3) is 0.364. The number of hydrogen-bond acceptors (Lipinski definition) is 4. The average Bonchev–Trinajstić information content (AvgIpc) is 2.70. The first-order valence-electron chi connectivity index (χ1n) is 9.57. The van der Waals surface area contributed by atoms with Crippen molar-refractivity contribution in [2.45, 2.75) is 6.42 Å². The van der Waals surface area contributed by atoms with E-state index >= 15 is 0 Å². The van der Waals surface area contributed by atoms with Crippen molar-refractivity contribution in [3.05, 3.63) is 65.7 Å². The fourth-order valence-corrected chi connectivity index (χ4v) is 3.25. The quantitative estimate of drug-likeness (QED) is 0.797. The highest BCUT2D eigenvalue weighted by atomic mass is 16.5. The van der Waals surface area contributed by atoms with Crippen LogP contribution in [0.25, 0.3) is 0 Å². The second kappa shape index (κ2) is 10.0. The number of likely N-dealkylation sites (N-methyl/N-ethyl adjacent to an activating group) is 1. The Bertz CT molecular complexity index is 789. The number of hydrogen-bond donors (Lipinski definition) is 1. The molecule has 1 heterocycles. The van der Waals surface area contributed by atoms with E-state index in [9.17, 15) is 9.59 Å². The number of nitrogens with zero attached hydrogens (tertiary/aromatic N) is 2. The number of carbonyl (C=O) groups is 2. The lowest BCUT2D eigenvalue weighted by Crippen LogP contribution is -2.46. The number of para-hydroxylation sites is 1. The molecule has 2 amide bonds. The van der Waals surface area contributed by atoms with E-state index in [2.05, 4.69) is 17.4 Å². The number of nitrogens with one attached hydrogen (secondary N) is 1. The van der Waals surface area contributed by atoms with Crippen LogP contribution >= 0.6 is 0 Å². The minimum atomic E-state index is -0.127. The number of morpholine rings is 1. The Morgan fingerprint density at radius 2 is 1.68 bits per heavy atom. The number of rotatable bonds is 7. The van der Waals surface area contributed by atoms with Crippen LogP contribution in [0, 0.1) is 0 Å². The minimum Gasteiger partial charge on any atom is -0.378 e. The third-order valence-electron chi connectivity index (χ3n) is 4.71. The molecule has 1 aliphatic heterocycles. The number of carbonyl (C=O) groups excluding carboxylic acids is 2. The van der Waals surface area contributed by atoms with Crippen LogP contribution in [0.15, 0.2) is 54.6 Å². The van der Waals surface area contributed by atoms with E-state index in [4.69, 9.17) is 4.74 Å². The van der Waals surface area contributed by atoms with Gasteiger partial charge in [-0.1, -0.05) is 48.5 Å². The first-order valence-corrected chi connectivity index (χ1v) is 9.57. The molecule has 1 N–H and O–H groups in total. The van der Waals surface area contributed by atoms with Crippen molar-refractivity contribution in [2.75, 3.05) is 51.8 Å². The number of benzene rings is 2. The number of ether oxygens (including phenoxy) is 1. The van der Waals surface area contributed by atoms with Crippen molar-refractivity contribution in [2.24, 2.45) is 0 Å². The Kier molecular flexibility index (Phi) is 7.17. The molecule has 148 valence electrons.